The van der Waals surface area contributed by atoms with Crippen LogP contribution in [0.1, 0.15) is 51.9 Å². The topological polar surface area (TPSA) is 70.3 Å². The molecule has 0 saturated heterocycles. The van der Waals surface area contributed by atoms with E-state index in [1.165, 1.54) is 32.0 Å². The highest BCUT2D eigenvalue weighted by Crippen LogP contribution is 2.26. The van der Waals surface area contributed by atoms with Crippen LogP contribution in [0.25, 0.3) is 0 Å². The second-order valence-electron chi connectivity index (χ2n) is 5.61. The van der Waals surface area contributed by atoms with Gasteiger partial charge >= 0.3 is 0 Å². The van der Waals surface area contributed by atoms with Crippen molar-refractivity contribution in [2.24, 2.45) is 5.73 Å². The molecule has 1 aliphatic rings. The molecule has 1 aromatic rings. The van der Waals surface area contributed by atoms with Gasteiger partial charge in [0.25, 0.3) is 0 Å². The standard InChI is InChI=1S/C15H25N3O2/c1-2-9-19-13-10-14(18-12-17-13)20-11-15(16)7-5-3-4-6-8-15/h10,12H,2-9,11,16H2,1H3. The summed E-state index contributed by atoms with van der Waals surface area (Å²) >= 11 is 0. The summed E-state index contributed by atoms with van der Waals surface area (Å²) in [5, 5.41) is 0. The van der Waals surface area contributed by atoms with Gasteiger partial charge in [-0.3, -0.25) is 0 Å². The van der Waals surface area contributed by atoms with E-state index < -0.39 is 0 Å². The molecular weight excluding hydrogens is 254 g/mol. The summed E-state index contributed by atoms with van der Waals surface area (Å²) in [6, 6.07) is 1.73. The Morgan fingerprint density at radius 3 is 2.40 bits per heavy atom. The normalized spacial score (nSPS) is 18.3. The number of rotatable bonds is 6. The van der Waals surface area contributed by atoms with Gasteiger partial charge in [-0.2, -0.15) is 0 Å². The second kappa shape index (κ2) is 7.43. The van der Waals surface area contributed by atoms with E-state index in [1.54, 1.807) is 6.07 Å². The van der Waals surface area contributed by atoms with Crippen molar-refractivity contribution in [3.8, 4) is 11.8 Å². The lowest BCUT2D eigenvalue weighted by atomic mass is 9.93. The van der Waals surface area contributed by atoms with Crippen molar-refractivity contribution in [3.63, 3.8) is 0 Å². The molecule has 1 aliphatic carbocycles. The van der Waals surface area contributed by atoms with Gasteiger partial charge in [0.1, 0.15) is 12.9 Å². The summed E-state index contributed by atoms with van der Waals surface area (Å²) in [5.74, 6) is 1.10. The Morgan fingerprint density at radius 2 is 1.75 bits per heavy atom. The molecule has 1 fully saturated rings. The lowest BCUT2D eigenvalue weighted by Gasteiger charge is -2.27. The fourth-order valence-corrected chi connectivity index (χ4v) is 2.48. The Labute approximate surface area is 120 Å². The van der Waals surface area contributed by atoms with Gasteiger partial charge in [-0.15, -0.1) is 0 Å². The third-order valence-electron chi connectivity index (χ3n) is 3.68. The van der Waals surface area contributed by atoms with Crippen molar-refractivity contribution in [3.05, 3.63) is 12.4 Å². The van der Waals surface area contributed by atoms with Crippen LogP contribution in [0.5, 0.6) is 11.8 Å². The van der Waals surface area contributed by atoms with Crippen molar-refractivity contribution < 1.29 is 9.47 Å². The lowest BCUT2D eigenvalue weighted by Crippen LogP contribution is -2.45. The number of hydrogen-bond donors (Lipinski definition) is 1. The minimum Gasteiger partial charge on any atom is -0.478 e. The summed E-state index contributed by atoms with van der Waals surface area (Å²) in [6.45, 7) is 3.22. The maximum atomic E-state index is 6.43. The van der Waals surface area contributed by atoms with Gasteiger partial charge in [0, 0.05) is 0 Å². The lowest BCUT2D eigenvalue weighted by molar-refractivity contribution is 0.192. The van der Waals surface area contributed by atoms with E-state index in [1.807, 2.05) is 0 Å². The minimum absolute atomic E-state index is 0.216. The largest absolute Gasteiger partial charge is 0.478 e. The van der Waals surface area contributed by atoms with E-state index in [0.717, 1.165) is 19.3 Å². The SMILES string of the molecule is CCCOc1cc(OCC2(N)CCCCCC2)ncn1. The van der Waals surface area contributed by atoms with Gasteiger partial charge in [0.05, 0.1) is 18.2 Å². The van der Waals surface area contributed by atoms with E-state index in [2.05, 4.69) is 16.9 Å². The molecule has 0 spiro atoms. The average Bonchev–Trinajstić information content (AvgIpc) is 2.69. The molecule has 0 aliphatic heterocycles. The summed E-state index contributed by atoms with van der Waals surface area (Å²) < 4.78 is 11.2. The first-order chi connectivity index (χ1) is 9.72. The summed E-state index contributed by atoms with van der Waals surface area (Å²) in [4.78, 5) is 8.18. The van der Waals surface area contributed by atoms with Gasteiger partial charge in [-0.25, -0.2) is 9.97 Å². The van der Waals surface area contributed by atoms with Gasteiger partial charge in [0.2, 0.25) is 11.8 Å². The van der Waals surface area contributed by atoms with E-state index in [0.29, 0.717) is 25.0 Å². The molecule has 5 heteroatoms. The van der Waals surface area contributed by atoms with Crippen molar-refractivity contribution in [2.75, 3.05) is 13.2 Å². The predicted molar refractivity (Wildman–Crippen MR) is 77.9 cm³/mol. The van der Waals surface area contributed by atoms with Crippen LogP contribution in [-0.4, -0.2) is 28.7 Å². The van der Waals surface area contributed by atoms with Crippen LogP contribution in [0, 0.1) is 0 Å². The first-order valence-corrected chi connectivity index (χ1v) is 7.58. The maximum absolute atomic E-state index is 6.43. The summed E-state index contributed by atoms with van der Waals surface area (Å²) in [6.07, 6.45) is 9.41. The Hall–Kier alpha value is -1.36. The van der Waals surface area contributed by atoms with Crippen LogP contribution in [0.3, 0.4) is 0 Å². The molecule has 1 saturated carbocycles. The Kier molecular flexibility index (Phi) is 5.59. The van der Waals surface area contributed by atoms with Crippen LogP contribution in [0.2, 0.25) is 0 Å². The first kappa shape index (κ1) is 15.0. The van der Waals surface area contributed by atoms with Gasteiger partial charge in [0.15, 0.2) is 0 Å². The van der Waals surface area contributed by atoms with Gasteiger partial charge < -0.3 is 15.2 Å². The number of ether oxygens (including phenoxy) is 2. The first-order valence-electron chi connectivity index (χ1n) is 7.58. The van der Waals surface area contributed by atoms with Crippen LogP contribution in [0.15, 0.2) is 12.4 Å². The molecule has 1 aromatic heterocycles. The monoisotopic (exact) mass is 279 g/mol. The number of nitrogens with two attached hydrogens (primary N) is 1. The van der Waals surface area contributed by atoms with Crippen LogP contribution >= 0.6 is 0 Å². The fourth-order valence-electron chi connectivity index (χ4n) is 2.48. The molecule has 0 radical (unpaired) electrons. The number of hydrogen-bond acceptors (Lipinski definition) is 5. The highest BCUT2D eigenvalue weighted by atomic mass is 16.5. The Morgan fingerprint density at radius 1 is 1.10 bits per heavy atom. The summed E-state index contributed by atoms with van der Waals surface area (Å²) in [5.41, 5.74) is 6.21. The highest BCUT2D eigenvalue weighted by molar-refractivity contribution is 5.18. The zero-order valence-electron chi connectivity index (χ0n) is 12.3. The molecule has 0 aromatic carbocycles. The van der Waals surface area contributed by atoms with Crippen LogP contribution < -0.4 is 15.2 Å². The smallest absolute Gasteiger partial charge is 0.220 e. The quantitative estimate of drug-likeness (QED) is 0.811. The number of nitrogens with zero attached hydrogens (tertiary/aromatic N) is 2. The molecule has 0 bridgehead atoms. The van der Waals surface area contributed by atoms with Crippen molar-refractivity contribution in [1.82, 2.24) is 9.97 Å². The second-order valence-corrected chi connectivity index (χ2v) is 5.61. The third kappa shape index (κ3) is 4.63. The molecule has 112 valence electrons. The third-order valence-corrected chi connectivity index (χ3v) is 3.68. The molecule has 0 unspecified atom stereocenters. The summed E-state index contributed by atoms with van der Waals surface area (Å²) in [7, 11) is 0. The zero-order valence-corrected chi connectivity index (χ0v) is 12.3. The molecule has 5 nitrogen and oxygen atoms in total. The van der Waals surface area contributed by atoms with E-state index >= 15 is 0 Å². The predicted octanol–water partition coefficient (Wildman–Crippen LogP) is 2.70. The molecular formula is C15H25N3O2. The highest BCUT2D eigenvalue weighted by Gasteiger charge is 2.27. The maximum Gasteiger partial charge on any atom is 0.220 e. The molecule has 1 heterocycles. The Bertz CT molecular complexity index is 404. The Balaban J connectivity index is 1.89. The molecule has 20 heavy (non-hydrogen) atoms. The molecule has 2 rings (SSSR count). The zero-order chi connectivity index (χ0) is 14.3. The fraction of sp³-hybridized carbons (Fsp3) is 0.733. The van der Waals surface area contributed by atoms with E-state index in [-0.39, 0.29) is 5.54 Å². The minimum atomic E-state index is -0.216. The molecule has 2 N–H and O–H groups in total. The molecule has 0 atom stereocenters. The van der Waals surface area contributed by atoms with Crippen molar-refractivity contribution in [1.29, 1.82) is 0 Å². The average molecular weight is 279 g/mol. The van der Waals surface area contributed by atoms with Crippen LogP contribution in [-0.2, 0) is 0 Å². The molecule has 0 amide bonds. The van der Waals surface area contributed by atoms with E-state index in [4.69, 9.17) is 15.2 Å². The van der Waals surface area contributed by atoms with Gasteiger partial charge in [-0.1, -0.05) is 32.6 Å². The van der Waals surface area contributed by atoms with Crippen LogP contribution in [0.4, 0.5) is 0 Å². The van der Waals surface area contributed by atoms with E-state index in [9.17, 15) is 0 Å². The van der Waals surface area contributed by atoms with Crippen molar-refractivity contribution in [2.45, 2.75) is 57.4 Å². The number of aromatic nitrogens is 2. The van der Waals surface area contributed by atoms with Gasteiger partial charge in [-0.05, 0) is 19.3 Å². The van der Waals surface area contributed by atoms with Crippen molar-refractivity contribution >= 4 is 0 Å².